The first-order valence-electron chi connectivity index (χ1n) is 6.25. The summed E-state index contributed by atoms with van der Waals surface area (Å²) in [4.78, 5) is 34.1. The molecule has 1 fully saturated rings. The Morgan fingerprint density at radius 1 is 1.30 bits per heavy atom. The molecule has 1 aromatic rings. The van der Waals surface area contributed by atoms with E-state index in [0.717, 1.165) is 0 Å². The van der Waals surface area contributed by atoms with Gasteiger partial charge in [-0.05, 0) is 31.2 Å². The molecule has 1 heterocycles. The zero-order chi connectivity index (χ0) is 14.7. The summed E-state index contributed by atoms with van der Waals surface area (Å²) >= 11 is 0. The van der Waals surface area contributed by atoms with Crippen LogP contribution in [0.15, 0.2) is 24.3 Å². The predicted octanol–water partition coefficient (Wildman–Crippen LogP) is 1.51. The molecular formula is C14H15NO5. The van der Waals surface area contributed by atoms with Crippen LogP contribution in [0.25, 0.3) is 0 Å². The van der Waals surface area contributed by atoms with Gasteiger partial charge in [-0.1, -0.05) is 0 Å². The van der Waals surface area contributed by atoms with Gasteiger partial charge in [0.05, 0.1) is 5.56 Å². The van der Waals surface area contributed by atoms with Crippen LogP contribution in [0, 0.1) is 0 Å². The molecule has 1 aliphatic heterocycles. The van der Waals surface area contributed by atoms with E-state index in [1.165, 1.54) is 19.1 Å². The molecule has 0 bridgehead atoms. The molecule has 1 aliphatic rings. The second-order valence-electron chi connectivity index (χ2n) is 4.64. The second-order valence-corrected chi connectivity index (χ2v) is 4.64. The number of cyclic esters (lactones) is 1. The molecule has 0 aromatic heterocycles. The summed E-state index contributed by atoms with van der Waals surface area (Å²) in [6.07, 6.45) is -0.705. The van der Waals surface area contributed by atoms with E-state index in [4.69, 9.17) is 9.47 Å². The van der Waals surface area contributed by atoms with Crippen molar-refractivity contribution in [3.05, 3.63) is 29.8 Å². The average Bonchev–Trinajstić information content (AvgIpc) is 2.68. The van der Waals surface area contributed by atoms with Gasteiger partial charge in [-0.2, -0.15) is 0 Å². The molecule has 20 heavy (non-hydrogen) atoms. The van der Waals surface area contributed by atoms with E-state index in [1.807, 2.05) is 0 Å². The Hall–Kier alpha value is -2.37. The molecule has 0 aliphatic carbocycles. The number of anilines is 1. The van der Waals surface area contributed by atoms with E-state index in [9.17, 15) is 14.4 Å². The number of hydrogen-bond donors (Lipinski definition) is 1. The third-order valence-electron chi connectivity index (χ3n) is 2.82. The van der Waals surface area contributed by atoms with Gasteiger partial charge in [0.2, 0.25) is 12.0 Å². The Kier molecular flexibility index (Phi) is 4.02. The molecule has 2 atom stereocenters. The number of rotatable bonds is 3. The molecule has 0 spiro atoms. The Labute approximate surface area is 116 Å². The quantitative estimate of drug-likeness (QED) is 0.847. The molecule has 0 unspecified atom stereocenters. The highest BCUT2D eigenvalue weighted by molar-refractivity contribution is 5.93. The van der Waals surface area contributed by atoms with E-state index >= 15 is 0 Å². The van der Waals surface area contributed by atoms with Crippen molar-refractivity contribution in [1.29, 1.82) is 0 Å². The minimum absolute atomic E-state index is 0.192. The van der Waals surface area contributed by atoms with Gasteiger partial charge in [-0.25, -0.2) is 9.59 Å². The zero-order valence-corrected chi connectivity index (χ0v) is 11.2. The third-order valence-corrected chi connectivity index (χ3v) is 2.82. The first-order valence-corrected chi connectivity index (χ1v) is 6.25. The number of esters is 2. The molecule has 6 nitrogen and oxygen atoms in total. The Morgan fingerprint density at radius 3 is 2.45 bits per heavy atom. The summed E-state index contributed by atoms with van der Waals surface area (Å²) < 4.78 is 10.0. The van der Waals surface area contributed by atoms with Crippen LogP contribution in [0.4, 0.5) is 5.69 Å². The lowest BCUT2D eigenvalue weighted by Crippen LogP contribution is -2.22. The topological polar surface area (TPSA) is 81.7 Å². The van der Waals surface area contributed by atoms with Crippen molar-refractivity contribution in [2.45, 2.75) is 32.5 Å². The first-order chi connectivity index (χ1) is 9.45. The molecule has 0 radical (unpaired) electrons. The molecule has 0 saturated carbocycles. The number of benzene rings is 1. The van der Waals surface area contributed by atoms with Crippen LogP contribution in [0.1, 0.15) is 30.6 Å². The van der Waals surface area contributed by atoms with Crippen molar-refractivity contribution in [3.63, 3.8) is 0 Å². The Balaban J connectivity index is 1.99. The van der Waals surface area contributed by atoms with Crippen LogP contribution in [-0.2, 0) is 19.1 Å². The second kappa shape index (κ2) is 5.73. The van der Waals surface area contributed by atoms with Crippen LogP contribution in [0.3, 0.4) is 0 Å². The number of carbonyl (C=O) groups is 3. The van der Waals surface area contributed by atoms with Gasteiger partial charge in [-0.3, -0.25) is 4.79 Å². The smallest absolute Gasteiger partial charge is 0.347 e. The Bertz CT molecular complexity index is 537. The summed E-state index contributed by atoms with van der Waals surface area (Å²) in [6.45, 7) is 3.14. The van der Waals surface area contributed by atoms with E-state index < -0.39 is 18.0 Å². The SMILES string of the molecule is CC(=O)Nc1ccc(C(=O)O[C@H]2C[C@H](C)OC2=O)cc1. The van der Waals surface area contributed by atoms with Crippen molar-refractivity contribution < 1.29 is 23.9 Å². The first kappa shape index (κ1) is 14.0. The van der Waals surface area contributed by atoms with Gasteiger partial charge in [0.25, 0.3) is 0 Å². The molecule has 6 heteroatoms. The Morgan fingerprint density at radius 2 is 1.95 bits per heavy atom. The van der Waals surface area contributed by atoms with E-state index in [0.29, 0.717) is 17.7 Å². The maximum atomic E-state index is 11.9. The van der Waals surface area contributed by atoms with Gasteiger partial charge in [0.1, 0.15) is 6.10 Å². The molecular weight excluding hydrogens is 262 g/mol. The normalized spacial score (nSPS) is 21.2. The fraction of sp³-hybridized carbons (Fsp3) is 0.357. The lowest BCUT2D eigenvalue weighted by atomic mass is 10.2. The standard InChI is InChI=1S/C14H15NO5/c1-8-7-12(14(18)19-8)20-13(17)10-3-5-11(6-4-10)15-9(2)16/h3-6,8,12H,7H2,1-2H3,(H,15,16)/t8-,12-/m0/s1. The molecule has 1 aromatic carbocycles. The molecule has 106 valence electrons. The van der Waals surface area contributed by atoms with Crippen molar-refractivity contribution in [3.8, 4) is 0 Å². The van der Waals surface area contributed by atoms with Crippen molar-refractivity contribution >= 4 is 23.5 Å². The number of amides is 1. The maximum Gasteiger partial charge on any atom is 0.347 e. The summed E-state index contributed by atoms with van der Waals surface area (Å²) in [7, 11) is 0. The number of nitrogens with one attached hydrogen (secondary N) is 1. The highest BCUT2D eigenvalue weighted by Crippen LogP contribution is 2.19. The molecule has 1 N–H and O–H groups in total. The minimum Gasteiger partial charge on any atom is -0.460 e. The number of carbonyl (C=O) groups excluding carboxylic acids is 3. The third kappa shape index (κ3) is 3.34. The van der Waals surface area contributed by atoms with Crippen LogP contribution >= 0.6 is 0 Å². The lowest BCUT2D eigenvalue weighted by Gasteiger charge is -2.09. The van der Waals surface area contributed by atoms with Crippen LogP contribution in [-0.4, -0.2) is 30.1 Å². The van der Waals surface area contributed by atoms with Gasteiger partial charge in [-0.15, -0.1) is 0 Å². The van der Waals surface area contributed by atoms with E-state index in [-0.39, 0.29) is 12.0 Å². The summed E-state index contributed by atoms with van der Waals surface area (Å²) in [5, 5.41) is 2.59. The van der Waals surface area contributed by atoms with Crippen LogP contribution < -0.4 is 5.32 Å². The minimum atomic E-state index is -0.840. The summed E-state index contributed by atoms with van der Waals surface area (Å²) in [5.41, 5.74) is 0.898. The monoisotopic (exact) mass is 277 g/mol. The van der Waals surface area contributed by atoms with Crippen molar-refractivity contribution in [2.24, 2.45) is 0 Å². The number of ether oxygens (including phenoxy) is 2. The molecule has 2 rings (SSSR count). The molecule has 1 saturated heterocycles. The van der Waals surface area contributed by atoms with Crippen LogP contribution in [0.5, 0.6) is 0 Å². The zero-order valence-electron chi connectivity index (χ0n) is 11.2. The van der Waals surface area contributed by atoms with Crippen LogP contribution in [0.2, 0.25) is 0 Å². The van der Waals surface area contributed by atoms with Gasteiger partial charge < -0.3 is 14.8 Å². The fourth-order valence-corrected chi connectivity index (χ4v) is 1.91. The predicted molar refractivity (Wildman–Crippen MR) is 70.1 cm³/mol. The van der Waals surface area contributed by atoms with E-state index in [2.05, 4.69) is 5.32 Å². The largest absolute Gasteiger partial charge is 0.460 e. The fourth-order valence-electron chi connectivity index (χ4n) is 1.91. The van der Waals surface area contributed by atoms with Gasteiger partial charge in [0, 0.05) is 19.0 Å². The maximum absolute atomic E-state index is 11.9. The summed E-state index contributed by atoms with van der Waals surface area (Å²) in [5.74, 6) is -1.29. The average molecular weight is 277 g/mol. The van der Waals surface area contributed by atoms with Gasteiger partial charge >= 0.3 is 11.9 Å². The molecule has 1 amide bonds. The van der Waals surface area contributed by atoms with Crippen molar-refractivity contribution in [2.75, 3.05) is 5.32 Å². The number of hydrogen-bond acceptors (Lipinski definition) is 5. The van der Waals surface area contributed by atoms with Crippen molar-refractivity contribution in [1.82, 2.24) is 0 Å². The highest BCUT2D eigenvalue weighted by Gasteiger charge is 2.35. The lowest BCUT2D eigenvalue weighted by molar-refractivity contribution is -0.147. The highest BCUT2D eigenvalue weighted by atomic mass is 16.6. The van der Waals surface area contributed by atoms with E-state index in [1.54, 1.807) is 19.1 Å². The van der Waals surface area contributed by atoms with Gasteiger partial charge in [0.15, 0.2) is 0 Å². The summed E-state index contributed by atoms with van der Waals surface area (Å²) in [6, 6.07) is 6.23.